The van der Waals surface area contributed by atoms with Crippen molar-refractivity contribution >= 4 is 32.5 Å². The largest absolute Gasteiger partial charge is 0.431 e. The molecule has 31 heavy (non-hydrogen) atoms. The number of aryl methyl sites for hydroxylation is 1. The van der Waals surface area contributed by atoms with Crippen molar-refractivity contribution in [2.24, 2.45) is 20.0 Å². The number of hydrogen-bond donors (Lipinski definition) is 0. The lowest BCUT2D eigenvalue weighted by atomic mass is 10.1. The first kappa shape index (κ1) is 19.8. The molecule has 4 aromatic rings. The van der Waals surface area contributed by atoms with Crippen molar-refractivity contribution in [1.29, 1.82) is 5.26 Å². The predicted molar refractivity (Wildman–Crippen MR) is 109 cm³/mol. The second-order valence-corrected chi connectivity index (χ2v) is 8.45. The summed E-state index contributed by atoms with van der Waals surface area (Å²) in [6, 6.07) is 6.94. The number of imidazole rings is 1. The molecule has 5 rings (SSSR count). The number of rotatable bonds is 2. The van der Waals surface area contributed by atoms with Gasteiger partial charge in [-0.1, -0.05) is 6.07 Å². The van der Waals surface area contributed by atoms with Crippen LogP contribution in [0.4, 0.5) is 13.2 Å². The molecule has 11 heteroatoms. The van der Waals surface area contributed by atoms with Gasteiger partial charge in [0, 0.05) is 26.2 Å². The number of nitrogens with zero attached hydrogens (tertiary/aromatic N) is 6. The average Bonchev–Trinajstić information content (AvgIpc) is 3.34. The van der Waals surface area contributed by atoms with Crippen molar-refractivity contribution in [3.8, 4) is 17.6 Å². The summed E-state index contributed by atoms with van der Waals surface area (Å²) < 4.78 is 44.2. The van der Waals surface area contributed by atoms with E-state index in [1.165, 1.54) is 4.57 Å². The zero-order valence-electron chi connectivity index (χ0n) is 16.3. The van der Waals surface area contributed by atoms with Gasteiger partial charge in [-0.05, 0) is 40.0 Å². The summed E-state index contributed by atoms with van der Waals surface area (Å²) in [6.45, 7) is 0. The van der Waals surface area contributed by atoms with E-state index in [-0.39, 0.29) is 28.7 Å². The Morgan fingerprint density at radius 2 is 2.00 bits per heavy atom. The first-order valence-corrected chi connectivity index (χ1v) is 10.1. The van der Waals surface area contributed by atoms with Crippen molar-refractivity contribution in [2.45, 2.75) is 18.5 Å². The van der Waals surface area contributed by atoms with Crippen molar-refractivity contribution in [3.63, 3.8) is 0 Å². The second kappa shape index (κ2) is 6.43. The third-order valence-electron chi connectivity index (χ3n) is 5.74. The smallest absolute Gasteiger partial charge is 0.321 e. The van der Waals surface area contributed by atoms with Gasteiger partial charge < -0.3 is 9.13 Å². The Morgan fingerprint density at radius 1 is 1.26 bits per heavy atom. The molecule has 0 aromatic carbocycles. The minimum atomic E-state index is -4.68. The van der Waals surface area contributed by atoms with Gasteiger partial charge in [0.25, 0.3) is 5.56 Å². The summed E-state index contributed by atoms with van der Waals surface area (Å²) in [5, 5.41) is 13.6. The Labute approximate surface area is 181 Å². The zero-order valence-corrected chi connectivity index (χ0v) is 17.9. The van der Waals surface area contributed by atoms with E-state index in [1.807, 2.05) is 18.3 Å². The molecule has 2 unspecified atom stereocenters. The Kier molecular flexibility index (Phi) is 4.11. The molecule has 0 aliphatic heterocycles. The molecule has 0 amide bonds. The summed E-state index contributed by atoms with van der Waals surface area (Å²) in [5.74, 6) is 0.458. The monoisotopic (exact) mass is 490 g/mol. The van der Waals surface area contributed by atoms with E-state index in [1.54, 1.807) is 11.6 Å². The van der Waals surface area contributed by atoms with Crippen LogP contribution in [0.2, 0.25) is 0 Å². The van der Waals surface area contributed by atoms with E-state index in [0.29, 0.717) is 14.7 Å². The van der Waals surface area contributed by atoms with Gasteiger partial charge in [0.2, 0.25) is 0 Å². The molecule has 0 N–H and O–H groups in total. The lowest BCUT2D eigenvalue weighted by Gasteiger charge is -2.11. The lowest BCUT2D eigenvalue weighted by molar-refractivity contribution is -0.143. The molecule has 0 spiro atoms. The maximum atomic E-state index is 13.3. The van der Waals surface area contributed by atoms with Crippen LogP contribution >= 0.6 is 15.9 Å². The summed E-state index contributed by atoms with van der Waals surface area (Å²) in [6.07, 6.45) is -2.02. The molecule has 0 saturated heterocycles. The van der Waals surface area contributed by atoms with Crippen LogP contribution in [-0.2, 0) is 20.3 Å². The number of alkyl halides is 3. The standard InChI is InChI=1S/C20H14BrF3N6O/c1-28-14(20(22,23)24)6-12-17(19(28)31)29(2)18(26-12)16-15(21)13-4-3-9(8-30(13)27-16)11-5-10(11)7-25/h3-4,6,8,10-11H,5H2,1-2H3. The maximum absolute atomic E-state index is 13.3. The highest BCUT2D eigenvalue weighted by Crippen LogP contribution is 2.47. The lowest BCUT2D eigenvalue weighted by Crippen LogP contribution is -2.26. The Hall–Kier alpha value is -3.13. The van der Waals surface area contributed by atoms with Crippen LogP contribution in [0, 0.1) is 17.2 Å². The summed E-state index contributed by atoms with van der Waals surface area (Å²) in [4.78, 5) is 17.0. The van der Waals surface area contributed by atoms with Crippen LogP contribution in [-0.4, -0.2) is 23.7 Å². The fourth-order valence-corrected chi connectivity index (χ4v) is 4.53. The fourth-order valence-electron chi connectivity index (χ4n) is 3.95. The van der Waals surface area contributed by atoms with E-state index in [4.69, 9.17) is 5.26 Å². The van der Waals surface area contributed by atoms with Crippen LogP contribution in [0.5, 0.6) is 0 Å². The Morgan fingerprint density at radius 3 is 2.65 bits per heavy atom. The molecule has 1 aliphatic carbocycles. The van der Waals surface area contributed by atoms with Gasteiger partial charge in [0.05, 0.1) is 27.5 Å². The Balaban J connectivity index is 1.70. The number of pyridine rings is 2. The zero-order chi connectivity index (χ0) is 22.2. The molecule has 1 fully saturated rings. The molecule has 7 nitrogen and oxygen atoms in total. The molecule has 0 bridgehead atoms. The van der Waals surface area contributed by atoms with Gasteiger partial charge in [0.1, 0.15) is 16.9 Å². The summed E-state index contributed by atoms with van der Waals surface area (Å²) in [7, 11) is 2.66. The minimum absolute atomic E-state index is 0.00908. The summed E-state index contributed by atoms with van der Waals surface area (Å²) in [5.41, 5.74) is 0.295. The Bertz CT molecular complexity index is 1490. The SMILES string of the molecule is Cn1c(C(F)(F)F)cc2nc(-c3nn4cc(C5CC5C#N)ccc4c3Br)n(C)c2c1=O. The first-order chi connectivity index (χ1) is 14.6. The van der Waals surface area contributed by atoms with E-state index < -0.39 is 17.4 Å². The van der Waals surface area contributed by atoms with E-state index in [9.17, 15) is 18.0 Å². The number of nitriles is 1. The molecule has 1 saturated carbocycles. The number of fused-ring (bicyclic) bond motifs is 2. The van der Waals surface area contributed by atoms with Gasteiger partial charge in [-0.3, -0.25) is 4.79 Å². The van der Waals surface area contributed by atoms with Crippen LogP contribution in [0.15, 0.2) is 33.7 Å². The van der Waals surface area contributed by atoms with Crippen LogP contribution in [0.25, 0.3) is 28.1 Å². The molecule has 2 atom stereocenters. The van der Waals surface area contributed by atoms with Crippen LogP contribution < -0.4 is 5.56 Å². The molecule has 4 aromatic heterocycles. The summed E-state index contributed by atoms with van der Waals surface area (Å²) >= 11 is 3.51. The van der Waals surface area contributed by atoms with Gasteiger partial charge in [-0.2, -0.15) is 23.5 Å². The second-order valence-electron chi connectivity index (χ2n) is 7.65. The van der Waals surface area contributed by atoms with Crippen molar-refractivity contribution in [3.05, 3.63) is 50.5 Å². The maximum Gasteiger partial charge on any atom is 0.431 e. The van der Waals surface area contributed by atoms with Gasteiger partial charge >= 0.3 is 6.18 Å². The van der Waals surface area contributed by atoms with Crippen molar-refractivity contribution in [1.82, 2.24) is 23.7 Å². The molecule has 4 heterocycles. The number of hydrogen-bond acceptors (Lipinski definition) is 4. The number of halogens is 4. The van der Waals surface area contributed by atoms with Gasteiger partial charge in [0.15, 0.2) is 5.82 Å². The van der Waals surface area contributed by atoms with Gasteiger partial charge in [-0.15, -0.1) is 0 Å². The van der Waals surface area contributed by atoms with Gasteiger partial charge in [-0.25, -0.2) is 9.50 Å². The number of aromatic nitrogens is 5. The minimum Gasteiger partial charge on any atom is -0.321 e. The first-order valence-electron chi connectivity index (χ1n) is 9.33. The highest BCUT2D eigenvalue weighted by Gasteiger charge is 2.39. The van der Waals surface area contributed by atoms with Crippen LogP contribution in [0.3, 0.4) is 0 Å². The third-order valence-corrected chi connectivity index (χ3v) is 6.52. The quantitative estimate of drug-likeness (QED) is 0.425. The highest BCUT2D eigenvalue weighted by atomic mass is 79.9. The predicted octanol–water partition coefficient (Wildman–Crippen LogP) is 4.00. The van der Waals surface area contributed by atoms with E-state index >= 15 is 0 Å². The normalized spacial score (nSPS) is 18.6. The molecule has 158 valence electrons. The molecular formula is C20H14BrF3N6O. The van der Waals surface area contributed by atoms with Crippen LogP contribution in [0.1, 0.15) is 23.6 Å². The van der Waals surface area contributed by atoms with E-state index in [0.717, 1.165) is 30.6 Å². The molecule has 0 radical (unpaired) electrons. The van der Waals surface area contributed by atoms with E-state index in [2.05, 4.69) is 32.1 Å². The molecule has 1 aliphatic rings. The third kappa shape index (κ3) is 2.89. The molecular weight excluding hydrogens is 477 g/mol. The average molecular weight is 491 g/mol. The van der Waals surface area contributed by atoms with Crippen molar-refractivity contribution in [2.75, 3.05) is 0 Å². The fraction of sp³-hybridized carbons (Fsp3) is 0.300. The topological polar surface area (TPSA) is 80.9 Å². The highest BCUT2D eigenvalue weighted by molar-refractivity contribution is 9.10. The van der Waals surface area contributed by atoms with Crippen molar-refractivity contribution < 1.29 is 13.2 Å².